The average Bonchev–Trinajstić information content (AvgIpc) is 2.68. The number of amides is 1. The zero-order valence-electron chi connectivity index (χ0n) is 14.4. The lowest BCUT2D eigenvalue weighted by Crippen LogP contribution is -2.32. The van der Waals surface area contributed by atoms with Gasteiger partial charge < -0.3 is 10.1 Å². The summed E-state index contributed by atoms with van der Waals surface area (Å²) in [7, 11) is 1.27. The minimum absolute atomic E-state index is 0.0483. The van der Waals surface area contributed by atoms with Gasteiger partial charge in [0.05, 0.1) is 25.0 Å². The number of aromatic nitrogens is 2. The summed E-state index contributed by atoms with van der Waals surface area (Å²) in [5, 5.41) is 10.1. The smallest absolute Gasteiger partial charge is 0.307 e. The lowest BCUT2D eigenvalue weighted by molar-refractivity contribution is -0.141. The van der Waals surface area contributed by atoms with Crippen LogP contribution in [0.5, 0.6) is 0 Å². The van der Waals surface area contributed by atoms with Gasteiger partial charge in [-0.2, -0.15) is 5.10 Å². The predicted molar refractivity (Wildman–Crippen MR) is 101 cm³/mol. The summed E-state index contributed by atoms with van der Waals surface area (Å²) < 4.78 is 4.72. The Kier molecular flexibility index (Phi) is 5.52. The van der Waals surface area contributed by atoms with Crippen LogP contribution in [0.4, 0.5) is 0 Å². The highest BCUT2D eigenvalue weighted by Gasteiger charge is 2.23. The van der Waals surface area contributed by atoms with E-state index in [2.05, 4.69) is 15.5 Å². The maximum Gasteiger partial charge on any atom is 0.307 e. The largest absolute Gasteiger partial charge is 0.469 e. The van der Waals surface area contributed by atoms with Gasteiger partial charge in [0, 0.05) is 10.4 Å². The van der Waals surface area contributed by atoms with Gasteiger partial charge >= 0.3 is 5.97 Å². The topological polar surface area (TPSA) is 101 Å². The number of carbonyl (C=O) groups is 2. The van der Waals surface area contributed by atoms with Crippen LogP contribution >= 0.6 is 11.6 Å². The molecule has 0 aliphatic rings. The molecule has 1 heterocycles. The number of rotatable bonds is 5. The molecule has 0 fully saturated rings. The van der Waals surface area contributed by atoms with Crippen molar-refractivity contribution >= 4 is 34.2 Å². The van der Waals surface area contributed by atoms with Gasteiger partial charge in [-0.25, -0.2) is 5.10 Å². The molecule has 0 saturated carbocycles. The van der Waals surface area contributed by atoms with E-state index in [1.807, 2.05) is 0 Å². The molecule has 0 aliphatic heterocycles. The van der Waals surface area contributed by atoms with E-state index < -0.39 is 17.9 Å². The van der Waals surface area contributed by atoms with Crippen molar-refractivity contribution in [2.45, 2.75) is 12.5 Å². The van der Waals surface area contributed by atoms with E-state index in [1.165, 1.54) is 7.11 Å². The van der Waals surface area contributed by atoms with Crippen LogP contribution in [0.25, 0.3) is 10.8 Å². The van der Waals surface area contributed by atoms with E-state index in [9.17, 15) is 14.4 Å². The van der Waals surface area contributed by atoms with E-state index in [0.717, 1.165) is 0 Å². The first kappa shape index (κ1) is 18.6. The van der Waals surface area contributed by atoms with Crippen molar-refractivity contribution < 1.29 is 14.3 Å². The zero-order valence-corrected chi connectivity index (χ0v) is 15.1. The zero-order chi connectivity index (χ0) is 19.4. The Morgan fingerprint density at radius 3 is 2.52 bits per heavy atom. The van der Waals surface area contributed by atoms with E-state index >= 15 is 0 Å². The lowest BCUT2D eigenvalue weighted by Gasteiger charge is -2.19. The normalized spacial score (nSPS) is 11.8. The second-order valence-corrected chi connectivity index (χ2v) is 6.18. The molecule has 3 rings (SSSR count). The highest BCUT2D eigenvalue weighted by Crippen LogP contribution is 2.26. The molecular formula is C19H16ClN3O4. The van der Waals surface area contributed by atoms with Gasteiger partial charge in [0.2, 0.25) is 0 Å². The van der Waals surface area contributed by atoms with Crippen molar-refractivity contribution in [3.63, 3.8) is 0 Å². The van der Waals surface area contributed by atoms with E-state index in [4.69, 9.17) is 16.3 Å². The monoisotopic (exact) mass is 385 g/mol. The minimum atomic E-state index is -0.717. The second-order valence-electron chi connectivity index (χ2n) is 5.77. The van der Waals surface area contributed by atoms with Crippen LogP contribution in [-0.2, 0) is 9.53 Å². The predicted octanol–water partition coefficient (Wildman–Crippen LogP) is 2.61. The quantitative estimate of drug-likeness (QED) is 0.657. The Bertz CT molecular complexity index is 1060. The molecule has 2 aromatic carbocycles. The number of methoxy groups -OCH3 is 1. The number of nitrogens with one attached hydrogen (secondary N) is 2. The first-order chi connectivity index (χ1) is 13.0. The first-order valence-electron chi connectivity index (χ1n) is 8.10. The first-order valence-corrected chi connectivity index (χ1v) is 8.48. The Hall–Kier alpha value is -3.19. The lowest BCUT2D eigenvalue weighted by atomic mass is 10.0. The number of aromatic amines is 1. The molecule has 8 heteroatoms. The van der Waals surface area contributed by atoms with Gasteiger partial charge in [-0.05, 0) is 17.7 Å². The van der Waals surface area contributed by atoms with Crippen LogP contribution in [0.1, 0.15) is 28.5 Å². The van der Waals surface area contributed by atoms with Crippen LogP contribution in [0.3, 0.4) is 0 Å². The third-order valence-electron chi connectivity index (χ3n) is 4.10. The molecule has 0 aliphatic carbocycles. The fraction of sp³-hybridized carbons (Fsp3) is 0.158. The summed E-state index contributed by atoms with van der Waals surface area (Å²) in [6.45, 7) is 0. The molecule has 0 bridgehead atoms. The fourth-order valence-electron chi connectivity index (χ4n) is 2.76. The molecule has 2 N–H and O–H groups in total. The highest BCUT2D eigenvalue weighted by atomic mass is 35.5. The SMILES string of the molecule is COC(=O)CC(NC(=O)c1n[nH]c(=O)c2ccccc12)c1ccccc1Cl. The van der Waals surface area contributed by atoms with Crippen LogP contribution < -0.4 is 10.9 Å². The molecule has 0 saturated heterocycles. The molecule has 0 radical (unpaired) electrons. The van der Waals surface area contributed by atoms with E-state index in [1.54, 1.807) is 48.5 Å². The maximum atomic E-state index is 12.8. The van der Waals surface area contributed by atoms with Crippen molar-refractivity contribution in [1.29, 1.82) is 0 Å². The van der Waals surface area contributed by atoms with Gasteiger partial charge in [-0.3, -0.25) is 14.4 Å². The van der Waals surface area contributed by atoms with Crippen molar-refractivity contribution in [3.05, 3.63) is 75.2 Å². The van der Waals surface area contributed by atoms with Gasteiger partial charge in [-0.1, -0.05) is 48.0 Å². The molecular weight excluding hydrogens is 370 g/mol. The molecule has 3 aromatic rings. The number of carbonyl (C=O) groups excluding carboxylic acids is 2. The Morgan fingerprint density at radius 2 is 1.81 bits per heavy atom. The molecule has 7 nitrogen and oxygen atoms in total. The number of nitrogens with zero attached hydrogens (tertiary/aromatic N) is 1. The molecule has 1 unspecified atom stereocenters. The van der Waals surface area contributed by atoms with Gasteiger partial charge in [0.15, 0.2) is 5.69 Å². The van der Waals surface area contributed by atoms with Gasteiger partial charge in [0.1, 0.15) is 0 Å². The molecule has 0 spiro atoms. The van der Waals surface area contributed by atoms with Crippen molar-refractivity contribution in [2.75, 3.05) is 7.11 Å². The molecule has 1 aromatic heterocycles. The summed E-state index contributed by atoms with van der Waals surface area (Å²) in [6.07, 6.45) is -0.104. The maximum absolute atomic E-state index is 12.8. The van der Waals surface area contributed by atoms with Gasteiger partial charge in [-0.15, -0.1) is 0 Å². The summed E-state index contributed by atoms with van der Waals surface area (Å²) in [4.78, 5) is 36.5. The van der Waals surface area contributed by atoms with E-state index in [-0.39, 0.29) is 17.7 Å². The number of ether oxygens (including phenoxy) is 1. The Morgan fingerprint density at radius 1 is 1.15 bits per heavy atom. The molecule has 1 amide bonds. The molecule has 27 heavy (non-hydrogen) atoms. The second kappa shape index (κ2) is 8.01. The van der Waals surface area contributed by atoms with Crippen molar-refractivity contribution in [2.24, 2.45) is 0 Å². The van der Waals surface area contributed by atoms with Crippen LogP contribution in [0.15, 0.2) is 53.3 Å². The molecule has 138 valence electrons. The summed E-state index contributed by atoms with van der Waals surface area (Å²) >= 11 is 6.22. The number of halogens is 1. The number of hydrogen-bond donors (Lipinski definition) is 2. The van der Waals surface area contributed by atoms with Crippen molar-refractivity contribution in [1.82, 2.24) is 15.5 Å². The minimum Gasteiger partial charge on any atom is -0.469 e. The summed E-state index contributed by atoms with van der Waals surface area (Å²) in [5.41, 5.74) is 0.234. The number of fused-ring (bicyclic) bond motifs is 1. The molecule has 1 atom stereocenters. The van der Waals surface area contributed by atoms with Crippen LogP contribution in [-0.4, -0.2) is 29.2 Å². The number of H-pyrrole nitrogens is 1. The van der Waals surface area contributed by atoms with E-state index in [0.29, 0.717) is 21.4 Å². The van der Waals surface area contributed by atoms with Crippen LogP contribution in [0, 0.1) is 0 Å². The number of benzene rings is 2. The van der Waals surface area contributed by atoms with Gasteiger partial charge in [0.25, 0.3) is 11.5 Å². The standard InChI is InChI=1S/C19H16ClN3O4/c1-27-16(24)10-15(13-8-4-5-9-14(13)20)21-19(26)17-11-6-2-3-7-12(11)18(25)23-22-17/h2-9,15H,10H2,1H3,(H,21,26)(H,23,25). The Labute approximate surface area is 159 Å². The number of esters is 1. The average molecular weight is 386 g/mol. The Balaban J connectivity index is 1.98. The summed E-state index contributed by atoms with van der Waals surface area (Å²) in [6, 6.07) is 12.8. The van der Waals surface area contributed by atoms with Crippen molar-refractivity contribution in [3.8, 4) is 0 Å². The summed E-state index contributed by atoms with van der Waals surface area (Å²) in [5.74, 6) is -1.05. The third kappa shape index (κ3) is 3.98. The number of hydrogen-bond acceptors (Lipinski definition) is 5. The highest BCUT2D eigenvalue weighted by molar-refractivity contribution is 6.31. The third-order valence-corrected chi connectivity index (χ3v) is 4.44. The fourth-order valence-corrected chi connectivity index (χ4v) is 3.03. The van der Waals surface area contributed by atoms with Crippen LogP contribution in [0.2, 0.25) is 5.02 Å².